The van der Waals surface area contributed by atoms with Crippen molar-refractivity contribution in [3.63, 3.8) is 0 Å². The molecular weight excluding hydrogens is 1020 g/mol. The number of rotatable bonds is 4. The molecule has 3 N–H and O–H groups in total. The molecule has 0 aromatic carbocycles. The van der Waals surface area contributed by atoms with Crippen molar-refractivity contribution in [3.05, 3.63) is 24.3 Å². The molecule has 16 aliphatic rings. The maximum absolute atomic E-state index is 14.6. The molecule has 12 bridgehead atoms. The maximum atomic E-state index is 14.6. The summed E-state index contributed by atoms with van der Waals surface area (Å²) in [6, 6.07) is 0. The lowest BCUT2D eigenvalue weighted by Crippen LogP contribution is -2.62. The Bertz CT molecular complexity index is 2340. The Hall–Kier alpha value is -1.73. The third-order valence-electron chi connectivity index (χ3n) is 21.9. The quantitative estimate of drug-likeness (QED) is 0.251. The average Bonchev–Trinajstić information content (AvgIpc) is 4.46. The normalized spacial score (nSPS) is 57.2. The standard InChI is InChI=1S/C60H86O19/c1-26-13-33-7-9-37-27(2)14-35(65-37)11-12-58-23-46-54(78-58)55-56(72-46)57(79-58)53-38(69-55)10-8-34(67-53)16-48(64)73-52-31(6)51-43(68-42(52)17-39(66-33)30(26)5)19-41-45(71-51)22-60(74-41)24-47-50(77-60)29(4)21-59(76-47)20-28(3)49-44(75-59)18-40(70-49)36(63)15-32(62)25-61/h26,28-29,31-47,49-57,61-63H,2,5,7-25H2,1,3-4,6H3/t26-,28+,29+,31+,32-,33+,34-,35+,36+,37+,38+,39-,40+,41-,42+,43+,44+,45-,46-,47+,49+,50+,51+,52-,53+,54+,55?,56-,57+,58+,59-,60+/m1/s1. The predicted molar refractivity (Wildman–Crippen MR) is 274 cm³/mol. The third kappa shape index (κ3) is 9.43. The number of esters is 1. The number of aliphatic hydroxyl groups is 3. The predicted octanol–water partition coefficient (Wildman–Crippen LogP) is 4.93. The molecule has 16 fully saturated rings. The first-order valence-electron chi connectivity index (χ1n) is 30.8. The van der Waals surface area contributed by atoms with Crippen molar-refractivity contribution in [2.75, 3.05) is 6.61 Å². The molecule has 16 aliphatic heterocycles. The SMILES string of the molecule is C=C1C[C@@H]2CC[C@@]34C[C@H]5O[C@@H]6C(O[C@H]7CC[C@H](CC(=O)O[C@@H]8[C@@H](C)[C@@H]9O[C@@H]%10C[C@]%11(C[C@@H]%12O[C@]%13(C[C@H](C)[C@@H]%14O[C@H]([C@@H](O)C[C@@H](O)CO)C[C@@H]%14O%13)C[C@H](C)[C@@H]%12O%11)O[C@@H]%10C[C@@H]9O[C@H]8C[C@H]8O[C@@H](CC[C@@H]1O2)C[C@@H](C)C8=C)O[C@@H]7[C@@H]6O3)[C@H]5O4. The average molecular weight is 1110 g/mol. The molecule has 16 saturated heterocycles. The second-order valence-electron chi connectivity index (χ2n) is 27.5. The van der Waals surface area contributed by atoms with Gasteiger partial charge in [-0.1, -0.05) is 40.9 Å². The first-order chi connectivity index (χ1) is 38.0. The molecule has 0 aromatic heterocycles. The van der Waals surface area contributed by atoms with Gasteiger partial charge in [-0.3, -0.25) is 4.79 Å². The lowest BCUT2D eigenvalue weighted by molar-refractivity contribution is -0.347. The smallest absolute Gasteiger partial charge is 0.308 e. The highest BCUT2D eigenvalue weighted by molar-refractivity contribution is 5.70. The van der Waals surface area contributed by atoms with Crippen LogP contribution >= 0.6 is 0 Å². The highest BCUT2D eigenvalue weighted by Crippen LogP contribution is 2.58. The zero-order valence-corrected chi connectivity index (χ0v) is 46.5. The van der Waals surface area contributed by atoms with E-state index < -0.39 is 72.8 Å². The summed E-state index contributed by atoms with van der Waals surface area (Å²) in [6.45, 7) is 17.4. The van der Waals surface area contributed by atoms with Gasteiger partial charge in [0.25, 0.3) is 0 Å². The fourth-order valence-electron chi connectivity index (χ4n) is 18.2. The van der Waals surface area contributed by atoms with E-state index in [1.54, 1.807) is 0 Å². The second kappa shape index (κ2) is 20.2. The van der Waals surface area contributed by atoms with Crippen molar-refractivity contribution < 1.29 is 91.2 Å². The molecule has 0 aliphatic carbocycles. The van der Waals surface area contributed by atoms with Crippen LogP contribution in [-0.4, -0.2) is 198 Å². The van der Waals surface area contributed by atoms with E-state index in [4.69, 9.17) is 71.1 Å². The minimum atomic E-state index is -1.02. The van der Waals surface area contributed by atoms with Crippen molar-refractivity contribution in [2.45, 2.75) is 313 Å². The van der Waals surface area contributed by atoms with E-state index in [0.29, 0.717) is 64.2 Å². The number of carbonyl (C=O) groups excluding carboxylic acids is 1. The summed E-state index contributed by atoms with van der Waals surface area (Å²) in [5.74, 6) is -2.77. The summed E-state index contributed by atoms with van der Waals surface area (Å²) in [7, 11) is 0. The van der Waals surface area contributed by atoms with Gasteiger partial charge in [0.05, 0.1) is 129 Å². The van der Waals surface area contributed by atoms with Crippen LogP contribution in [0.1, 0.15) is 143 Å². The van der Waals surface area contributed by atoms with Gasteiger partial charge in [-0.05, 0) is 73.8 Å². The summed E-state index contributed by atoms with van der Waals surface area (Å²) in [5.41, 5.74) is 2.15. The summed E-state index contributed by atoms with van der Waals surface area (Å²) >= 11 is 0. The van der Waals surface area contributed by atoms with Crippen molar-refractivity contribution in [1.29, 1.82) is 0 Å². The summed E-state index contributed by atoms with van der Waals surface area (Å²) in [4.78, 5) is 14.6. The van der Waals surface area contributed by atoms with Crippen LogP contribution in [0.5, 0.6) is 0 Å². The Morgan fingerprint density at radius 2 is 1.18 bits per heavy atom. The Morgan fingerprint density at radius 1 is 0.506 bits per heavy atom. The Morgan fingerprint density at radius 3 is 2.03 bits per heavy atom. The highest BCUT2D eigenvalue weighted by atomic mass is 16.8. The molecular formula is C60H86O19. The third-order valence-corrected chi connectivity index (χ3v) is 21.9. The molecule has 0 radical (unpaired) electrons. The highest BCUT2D eigenvalue weighted by Gasteiger charge is 2.70. The molecule has 0 amide bonds. The van der Waals surface area contributed by atoms with Crippen molar-refractivity contribution >= 4 is 5.97 Å². The van der Waals surface area contributed by atoms with E-state index in [0.717, 1.165) is 49.7 Å². The number of fused-ring (bicyclic) bond motifs is 10. The minimum absolute atomic E-state index is 0.0143. The molecule has 19 heteroatoms. The van der Waals surface area contributed by atoms with Crippen LogP contribution in [0.2, 0.25) is 0 Å². The molecule has 0 aromatic rings. The van der Waals surface area contributed by atoms with Crippen LogP contribution in [0.3, 0.4) is 0 Å². The molecule has 79 heavy (non-hydrogen) atoms. The van der Waals surface area contributed by atoms with Gasteiger partial charge in [0.2, 0.25) is 0 Å². The van der Waals surface area contributed by atoms with Crippen molar-refractivity contribution in [3.8, 4) is 0 Å². The Balaban J connectivity index is 0.655. The number of ether oxygens (including phenoxy) is 15. The largest absolute Gasteiger partial charge is 0.459 e. The van der Waals surface area contributed by atoms with Crippen LogP contribution in [0.4, 0.5) is 0 Å². The zero-order chi connectivity index (χ0) is 54.0. The van der Waals surface area contributed by atoms with Crippen LogP contribution < -0.4 is 0 Å². The molecule has 0 saturated carbocycles. The van der Waals surface area contributed by atoms with E-state index >= 15 is 0 Å². The van der Waals surface area contributed by atoms with Gasteiger partial charge < -0.3 is 86.4 Å². The van der Waals surface area contributed by atoms with E-state index in [-0.39, 0.29) is 146 Å². The van der Waals surface area contributed by atoms with Crippen LogP contribution in [0.15, 0.2) is 24.3 Å². The molecule has 19 nitrogen and oxygen atoms in total. The van der Waals surface area contributed by atoms with Gasteiger partial charge in [-0.15, -0.1) is 0 Å². The minimum Gasteiger partial charge on any atom is -0.459 e. The van der Waals surface area contributed by atoms with Crippen LogP contribution in [0.25, 0.3) is 0 Å². The first kappa shape index (κ1) is 54.0. The van der Waals surface area contributed by atoms with Gasteiger partial charge in [0, 0.05) is 70.1 Å². The monoisotopic (exact) mass is 1110 g/mol. The molecule has 32 atom stereocenters. The van der Waals surface area contributed by atoms with E-state index in [9.17, 15) is 20.1 Å². The van der Waals surface area contributed by atoms with Gasteiger partial charge in [-0.2, -0.15) is 0 Å². The summed E-state index contributed by atoms with van der Waals surface area (Å²) < 4.78 is 104. The topological polar surface area (TPSA) is 216 Å². The van der Waals surface area contributed by atoms with Crippen LogP contribution in [0, 0.1) is 23.7 Å². The van der Waals surface area contributed by atoms with Gasteiger partial charge in [0.1, 0.15) is 36.6 Å². The maximum Gasteiger partial charge on any atom is 0.308 e. The van der Waals surface area contributed by atoms with Crippen molar-refractivity contribution in [1.82, 2.24) is 0 Å². The Kier molecular flexibility index (Phi) is 13.8. The van der Waals surface area contributed by atoms with E-state index in [1.807, 2.05) is 0 Å². The first-order valence-corrected chi connectivity index (χ1v) is 30.8. The fraction of sp³-hybridized carbons (Fsp3) is 0.917. The van der Waals surface area contributed by atoms with Gasteiger partial charge >= 0.3 is 5.97 Å². The number of carbonyl (C=O) groups is 1. The molecule has 16 rings (SSSR count). The Labute approximate surface area is 463 Å². The number of hydrogen-bond donors (Lipinski definition) is 3. The molecule has 16 heterocycles. The zero-order valence-electron chi connectivity index (χ0n) is 46.5. The molecule has 1 unspecified atom stereocenters. The van der Waals surface area contributed by atoms with E-state index in [1.165, 1.54) is 0 Å². The fourth-order valence-corrected chi connectivity index (χ4v) is 18.2. The molecule has 440 valence electrons. The van der Waals surface area contributed by atoms with Gasteiger partial charge in [-0.25, -0.2) is 0 Å². The number of aliphatic hydroxyl groups excluding tert-OH is 3. The van der Waals surface area contributed by atoms with E-state index in [2.05, 4.69) is 40.9 Å². The number of hydrogen-bond acceptors (Lipinski definition) is 19. The summed E-state index contributed by atoms with van der Waals surface area (Å²) in [6.07, 6.45) is 2.17. The lowest BCUT2D eigenvalue weighted by atomic mass is 9.79. The van der Waals surface area contributed by atoms with Crippen LogP contribution in [-0.2, 0) is 75.8 Å². The van der Waals surface area contributed by atoms with Gasteiger partial charge in [0.15, 0.2) is 17.4 Å². The molecule has 3 spiro atoms. The lowest BCUT2D eigenvalue weighted by Gasteiger charge is -2.50. The van der Waals surface area contributed by atoms with Crippen molar-refractivity contribution in [2.24, 2.45) is 23.7 Å². The second-order valence-corrected chi connectivity index (χ2v) is 27.5. The summed E-state index contributed by atoms with van der Waals surface area (Å²) in [5, 5.41) is 30.3.